The normalized spacial score (nSPS) is 11.2. The van der Waals surface area contributed by atoms with E-state index in [4.69, 9.17) is 34.8 Å². The van der Waals surface area contributed by atoms with Crippen LogP contribution in [0.15, 0.2) is 30.5 Å². The Morgan fingerprint density at radius 3 is 2.58 bits per heavy atom. The molecule has 0 aliphatic heterocycles. The second kappa shape index (κ2) is 5.78. The van der Waals surface area contributed by atoms with Gasteiger partial charge in [-0.25, -0.2) is 0 Å². The number of benzene rings is 1. The summed E-state index contributed by atoms with van der Waals surface area (Å²) in [5.41, 5.74) is 0.914. The summed E-state index contributed by atoms with van der Waals surface area (Å²) >= 11 is 17.7. The van der Waals surface area contributed by atoms with Crippen molar-refractivity contribution in [1.29, 1.82) is 0 Å². The predicted molar refractivity (Wildman–Crippen MR) is 78.0 cm³/mol. The average molecular weight is 316 g/mol. The van der Waals surface area contributed by atoms with E-state index in [0.29, 0.717) is 20.6 Å². The van der Waals surface area contributed by atoms with E-state index in [0.717, 1.165) is 0 Å². The zero-order valence-electron chi connectivity index (χ0n) is 9.90. The molecule has 0 amide bonds. The van der Waals surface area contributed by atoms with Gasteiger partial charge < -0.3 is 0 Å². The van der Waals surface area contributed by atoms with Gasteiger partial charge in [-0.15, -0.1) is 0 Å². The quantitative estimate of drug-likeness (QED) is 0.626. The Morgan fingerprint density at radius 2 is 2.00 bits per heavy atom. The van der Waals surface area contributed by atoms with E-state index in [1.54, 1.807) is 37.5 Å². The Labute approximate surface area is 125 Å². The molecule has 98 valence electrons. The van der Waals surface area contributed by atoms with Crippen molar-refractivity contribution >= 4 is 46.7 Å². The largest absolute Gasteiger partial charge is 0.287 e. The molecule has 1 heterocycles. The maximum Gasteiger partial charge on any atom is 0.207 e. The molecule has 19 heavy (non-hydrogen) atoms. The molecule has 6 heteroatoms. The zero-order valence-corrected chi connectivity index (χ0v) is 12.2. The van der Waals surface area contributed by atoms with Crippen LogP contribution in [-0.4, -0.2) is 15.6 Å². The molecule has 0 spiro atoms. The maximum atomic E-state index is 11.9. The van der Waals surface area contributed by atoms with Gasteiger partial charge in [-0.05, 0) is 29.8 Å². The van der Waals surface area contributed by atoms with Gasteiger partial charge >= 0.3 is 0 Å². The molecule has 2 rings (SSSR count). The van der Waals surface area contributed by atoms with Crippen molar-refractivity contribution in [1.82, 2.24) is 9.78 Å². The lowest BCUT2D eigenvalue weighted by Gasteiger charge is -1.98. The fraction of sp³-hybridized carbons (Fsp3) is 0.0769. The van der Waals surface area contributed by atoms with Gasteiger partial charge in [-0.3, -0.25) is 9.48 Å². The highest BCUT2D eigenvalue weighted by Gasteiger charge is 2.11. The molecule has 0 radical (unpaired) electrons. The molecule has 0 saturated heterocycles. The maximum absolute atomic E-state index is 11.9. The average Bonchev–Trinajstić information content (AvgIpc) is 2.67. The predicted octanol–water partition coefficient (Wildman–Crippen LogP) is 4.28. The monoisotopic (exact) mass is 314 g/mol. The van der Waals surface area contributed by atoms with Crippen LogP contribution in [0, 0.1) is 0 Å². The molecule has 0 fully saturated rings. The highest BCUT2D eigenvalue weighted by atomic mass is 35.5. The molecule has 2 aromatic rings. The molecule has 3 nitrogen and oxygen atoms in total. The van der Waals surface area contributed by atoms with Crippen molar-refractivity contribution in [3.8, 4) is 0 Å². The first-order chi connectivity index (χ1) is 8.97. The van der Waals surface area contributed by atoms with Crippen molar-refractivity contribution in [2.24, 2.45) is 7.05 Å². The Hall–Kier alpha value is -1.29. The molecular weight excluding hydrogens is 307 g/mol. The third-order valence-corrected chi connectivity index (χ3v) is 3.23. The Bertz CT molecular complexity index is 662. The molecule has 0 unspecified atom stereocenters. The first-order valence-electron chi connectivity index (χ1n) is 5.34. The SMILES string of the molecule is Cn1cc(Cl)c(C(=O)/C=C/c2ccc(Cl)cc2Cl)n1. The number of carbonyl (C=O) groups is 1. The molecule has 0 saturated carbocycles. The van der Waals surface area contributed by atoms with E-state index in [1.807, 2.05) is 0 Å². The standard InChI is InChI=1S/C13H9Cl3N2O/c1-18-7-11(16)13(17-18)12(19)5-3-8-2-4-9(14)6-10(8)15/h2-7H,1H3/b5-3+. The third-order valence-electron chi connectivity index (χ3n) is 2.39. The number of rotatable bonds is 3. The smallest absolute Gasteiger partial charge is 0.207 e. The van der Waals surface area contributed by atoms with Crippen LogP contribution >= 0.6 is 34.8 Å². The number of aromatic nitrogens is 2. The van der Waals surface area contributed by atoms with Crippen LogP contribution in [0.4, 0.5) is 0 Å². The Kier molecular flexibility index (Phi) is 4.30. The summed E-state index contributed by atoms with van der Waals surface area (Å²) in [6, 6.07) is 5.04. The minimum Gasteiger partial charge on any atom is -0.287 e. The minimum absolute atomic E-state index is 0.213. The summed E-state index contributed by atoms with van der Waals surface area (Å²) in [7, 11) is 1.70. The van der Waals surface area contributed by atoms with Crippen molar-refractivity contribution < 1.29 is 4.79 Å². The van der Waals surface area contributed by atoms with E-state index in [-0.39, 0.29) is 11.5 Å². The van der Waals surface area contributed by atoms with Gasteiger partial charge in [0.1, 0.15) is 0 Å². The van der Waals surface area contributed by atoms with E-state index in [2.05, 4.69) is 5.10 Å². The summed E-state index contributed by atoms with van der Waals surface area (Å²) in [5, 5.41) is 5.33. The number of halogens is 3. The van der Waals surface area contributed by atoms with Gasteiger partial charge in [0.05, 0.1) is 5.02 Å². The van der Waals surface area contributed by atoms with E-state index in [9.17, 15) is 4.79 Å². The number of aryl methyl sites for hydroxylation is 1. The first kappa shape index (κ1) is 14.1. The van der Waals surface area contributed by atoms with Crippen LogP contribution in [0.5, 0.6) is 0 Å². The highest BCUT2D eigenvalue weighted by Crippen LogP contribution is 2.22. The zero-order chi connectivity index (χ0) is 14.0. The van der Waals surface area contributed by atoms with Crippen LogP contribution in [0.3, 0.4) is 0 Å². The van der Waals surface area contributed by atoms with Gasteiger partial charge in [0, 0.05) is 23.3 Å². The number of hydrogen-bond donors (Lipinski definition) is 0. The van der Waals surface area contributed by atoms with Crippen molar-refractivity contribution in [2.75, 3.05) is 0 Å². The van der Waals surface area contributed by atoms with Crippen molar-refractivity contribution in [2.45, 2.75) is 0 Å². The second-order valence-corrected chi connectivity index (χ2v) is 5.11. The fourth-order valence-electron chi connectivity index (χ4n) is 1.51. The molecule has 0 aliphatic rings. The van der Waals surface area contributed by atoms with Crippen LogP contribution in [-0.2, 0) is 7.05 Å². The number of hydrogen-bond acceptors (Lipinski definition) is 2. The molecule has 0 N–H and O–H groups in total. The number of allylic oxidation sites excluding steroid dienone is 1. The van der Waals surface area contributed by atoms with Crippen LogP contribution < -0.4 is 0 Å². The van der Waals surface area contributed by atoms with Crippen molar-refractivity contribution in [3.63, 3.8) is 0 Å². The first-order valence-corrected chi connectivity index (χ1v) is 6.47. The lowest BCUT2D eigenvalue weighted by Crippen LogP contribution is -1.98. The van der Waals surface area contributed by atoms with E-state index in [1.165, 1.54) is 10.8 Å². The summed E-state index contributed by atoms with van der Waals surface area (Å²) in [6.07, 6.45) is 4.55. The van der Waals surface area contributed by atoms with E-state index < -0.39 is 0 Å². The van der Waals surface area contributed by atoms with Crippen LogP contribution in [0.2, 0.25) is 15.1 Å². The van der Waals surface area contributed by atoms with Crippen molar-refractivity contribution in [3.05, 3.63) is 56.8 Å². The summed E-state index contributed by atoms with van der Waals surface area (Å²) < 4.78 is 1.48. The van der Waals surface area contributed by atoms with Crippen LogP contribution in [0.1, 0.15) is 16.1 Å². The Morgan fingerprint density at radius 1 is 1.26 bits per heavy atom. The molecule has 1 aromatic carbocycles. The van der Waals surface area contributed by atoms with Crippen LogP contribution in [0.25, 0.3) is 6.08 Å². The number of nitrogens with zero attached hydrogens (tertiary/aromatic N) is 2. The molecule has 0 aliphatic carbocycles. The Balaban J connectivity index is 2.23. The minimum atomic E-state index is -0.281. The molecule has 0 atom stereocenters. The molecule has 0 bridgehead atoms. The summed E-state index contributed by atoms with van der Waals surface area (Å²) in [5.74, 6) is -0.281. The molecular formula is C13H9Cl3N2O. The van der Waals surface area contributed by atoms with Gasteiger partial charge in [-0.1, -0.05) is 40.9 Å². The topological polar surface area (TPSA) is 34.9 Å². The van der Waals surface area contributed by atoms with Gasteiger partial charge in [0.15, 0.2) is 5.69 Å². The summed E-state index contributed by atoms with van der Waals surface area (Å²) in [6.45, 7) is 0. The fourth-order valence-corrected chi connectivity index (χ4v) is 2.25. The number of ketones is 1. The van der Waals surface area contributed by atoms with E-state index >= 15 is 0 Å². The highest BCUT2D eigenvalue weighted by molar-refractivity contribution is 6.36. The van der Waals surface area contributed by atoms with Gasteiger partial charge in [0.2, 0.25) is 5.78 Å². The van der Waals surface area contributed by atoms with Gasteiger partial charge in [0.25, 0.3) is 0 Å². The number of carbonyl (C=O) groups excluding carboxylic acids is 1. The van der Waals surface area contributed by atoms with Gasteiger partial charge in [-0.2, -0.15) is 5.10 Å². The lowest BCUT2D eigenvalue weighted by molar-refractivity contribution is 0.104. The lowest BCUT2D eigenvalue weighted by atomic mass is 10.2. The second-order valence-electron chi connectivity index (χ2n) is 3.86. The summed E-state index contributed by atoms with van der Waals surface area (Å²) in [4.78, 5) is 11.9. The third kappa shape index (κ3) is 3.38. The molecule has 1 aromatic heterocycles.